The highest BCUT2D eigenvalue weighted by atomic mass is 16.5. The molecule has 1 aliphatic rings. The average molecular weight is 282 g/mol. The van der Waals surface area contributed by atoms with E-state index >= 15 is 0 Å². The van der Waals surface area contributed by atoms with E-state index in [4.69, 9.17) is 10.5 Å². The maximum atomic E-state index is 5.94. The van der Waals surface area contributed by atoms with Crippen LogP contribution in [0.2, 0.25) is 0 Å². The third kappa shape index (κ3) is 2.97. The third-order valence-corrected chi connectivity index (χ3v) is 3.89. The first-order chi connectivity index (χ1) is 10.1. The van der Waals surface area contributed by atoms with Crippen molar-refractivity contribution in [2.75, 3.05) is 17.6 Å². The van der Waals surface area contributed by atoms with Crippen LogP contribution >= 0.6 is 0 Å². The van der Waals surface area contributed by atoms with E-state index in [9.17, 15) is 0 Å². The van der Waals surface area contributed by atoms with Crippen LogP contribution in [0.3, 0.4) is 0 Å². The number of nitrogen functional groups attached to an aromatic ring is 1. The van der Waals surface area contributed by atoms with Crippen molar-refractivity contribution >= 4 is 11.4 Å². The van der Waals surface area contributed by atoms with Gasteiger partial charge < -0.3 is 15.8 Å². The number of fused-ring (bicyclic) bond motifs is 1. The van der Waals surface area contributed by atoms with Crippen molar-refractivity contribution in [1.29, 1.82) is 0 Å². The van der Waals surface area contributed by atoms with Crippen LogP contribution in [0.15, 0.2) is 42.5 Å². The Bertz CT molecular complexity index is 637. The van der Waals surface area contributed by atoms with Crippen LogP contribution in [0.25, 0.3) is 0 Å². The van der Waals surface area contributed by atoms with Crippen LogP contribution < -0.4 is 15.8 Å². The fourth-order valence-corrected chi connectivity index (χ4v) is 2.79. The predicted octanol–water partition coefficient (Wildman–Crippen LogP) is 3.81. The lowest BCUT2D eigenvalue weighted by Gasteiger charge is -2.30. The van der Waals surface area contributed by atoms with E-state index in [2.05, 4.69) is 29.6 Å². The highest BCUT2D eigenvalue weighted by Crippen LogP contribution is 2.35. The molecule has 3 nitrogen and oxygen atoms in total. The lowest BCUT2D eigenvalue weighted by molar-refractivity contribution is 0.244. The van der Waals surface area contributed by atoms with E-state index in [-0.39, 0.29) is 6.10 Å². The molecular formula is C18H22N2O. The maximum Gasteiger partial charge on any atom is 0.144 e. The number of hydrogen-bond acceptors (Lipinski definition) is 3. The minimum absolute atomic E-state index is 0.126. The molecule has 0 heterocycles. The van der Waals surface area contributed by atoms with Gasteiger partial charge in [-0.1, -0.05) is 24.3 Å². The monoisotopic (exact) mass is 282 g/mol. The molecule has 110 valence electrons. The number of rotatable bonds is 5. The van der Waals surface area contributed by atoms with Crippen molar-refractivity contribution in [2.45, 2.75) is 32.3 Å². The Labute approximate surface area is 126 Å². The molecule has 0 fully saturated rings. The zero-order chi connectivity index (χ0) is 14.8. The van der Waals surface area contributed by atoms with Crippen molar-refractivity contribution in [3.63, 3.8) is 0 Å². The first-order valence-electron chi connectivity index (χ1n) is 7.51. The van der Waals surface area contributed by atoms with Crippen molar-refractivity contribution in [1.82, 2.24) is 0 Å². The quantitative estimate of drug-likeness (QED) is 0.820. The molecule has 1 aliphatic carbocycles. The fraction of sp³-hybridized carbons (Fsp3) is 0.333. The molecule has 21 heavy (non-hydrogen) atoms. The van der Waals surface area contributed by atoms with Crippen LogP contribution in [0, 0.1) is 0 Å². The summed E-state index contributed by atoms with van der Waals surface area (Å²) in [4.78, 5) is 0. The van der Waals surface area contributed by atoms with E-state index in [0.29, 0.717) is 11.6 Å². The van der Waals surface area contributed by atoms with E-state index in [1.54, 1.807) is 0 Å². The highest BCUT2D eigenvalue weighted by Gasteiger charge is 2.24. The van der Waals surface area contributed by atoms with Gasteiger partial charge in [0.15, 0.2) is 0 Å². The summed E-state index contributed by atoms with van der Waals surface area (Å²) in [6, 6.07) is 14.5. The molecule has 0 radical (unpaired) electrons. The minimum atomic E-state index is 0.126. The molecule has 3 heteroatoms. The lowest BCUT2D eigenvalue weighted by atomic mass is 9.77. The summed E-state index contributed by atoms with van der Waals surface area (Å²) in [6.45, 7) is 4.96. The first kappa shape index (κ1) is 13.8. The number of anilines is 2. The van der Waals surface area contributed by atoms with Crippen molar-refractivity contribution in [2.24, 2.45) is 0 Å². The second kappa shape index (κ2) is 5.68. The van der Waals surface area contributed by atoms with Crippen LogP contribution in [0.1, 0.15) is 30.9 Å². The number of ether oxygens (including phenoxy) is 1. The molecule has 0 aliphatic heterocycles. The molecule has 2 aromatic carbocycles. The minimum Gasteiger partial charge on any atom is -0.489 e. The maximum absolute atomic E-state index is 5.94. The van der Waals surface area contributed by atoms with Gasteiger partial charge in [-0.15, -0.1) is 0 Å². The molecule has 0 saturated heterocycles. The van der Waals surface area contributed by atoms with E-state index in [0.717, 1.165) is 24.4 Å². The number of nitrogens with one attached hydrogen (secondary N) is 1. The van der Waals surface area contributed by atoms with Crippen LogP contribution in [0.4, 0.5) is 11.4 Å². The van der Waals surface area contributed by atoms with Crippen LogP contribution in [-0.4, -0.2) is 12.6 Å². The topological polar surface area (TPSA) is 47.3 Å². The van der Waals surface area contributed by atoms with Crippen molar-refractivity contribution in [3.05, 3.63) is 53.6 Å². The Hall–Kier alpha value is -2.16. The molecular weight excluding hydrogens is 260 g/mol. The van der Waals surface area contributed by atoms with Gasteiger partial charge in [-0.2, -0.15) is 0 Å². The van der Waals surface area contributed by atoms with E-state index < -0.39 is 0 Å². The van der Waals surface area contributed by atoms with Gasteiger partial charge in [0.1, 0.15) is 5.75 Å². The molecule has 0 spiro atoms. The summed E-state index contributed by atoms with van der Waals surface area (Å²) in [5.74, 6) is 1.36. The summed E-state index contributed by atoms with van der Waals surface area (Å²) >= 11 is 0. The third-order valence-electron chi connectivity index (χ3n) is 3.89. The Morgan fingerprint density at radius 2 is 2.05 bits per heavy atom. The van der Waals surface area contributed by atoms with E-state index in [1.165, 1.54) is 11.1 Å². The second-order valence-corrected chi connectivity index (χ2v) is 5.90. The number of benzene rings is 2. The molecule has 1 unspecified atom stereocenters. The van der Waals surface area contributed by atoms with Crippen molar-refractivity contribution < 1.29 is 4.74 Å². The van der Waals surface area contributed by atoms with Gasteiger partial charge >= 0.3 is 0 Å². The Balaban J connectivity index is 1.64. The largest absolute Gasteiger partial charge is 0.489 e. The molecule has 2 aromatic rings. The number of nitrogens with two attached hydrogens (primary N) is 1. The molecule has 3 rings (SSSR count). The van der Waals surface area contributed by atoms with Crippen LogP contribution in [-0.2, 0) is 6.42 Å². The van der Waals surface area contributed by atoms with Crippen molar-refractivity contribution in [3.8, 4) is 5.75 Å². The normalized spacial score (nSPS) is 16.2. The second-order valence-electron chi connectivity index (χ2n) is 5.90. The molecule has 1 atom stereocenters. The SMILES string of the molecule is CC(C)Oc1cc(NCC2Cc3ccccc32)ccc1N. The van der Waals surface area contributed by atoms with Gasteiger partial charge in [0, 0.05) is 24.2 Å². The fourth-order valence-electron chi connectivity index (χ4n) is 2.79. The predicted molar refractivity (Wildman–Crippen MR) is 88.0 cm³/mol. The smallest absolute Gasteiger partial charge is 0.144 e. The Morgan fingerprint density at radius 1 is 1.24 bits per heavy atom. The molecule has 3 N–H and O–H groups in total. The van der Waals surface area contributed by atoms with E-state index in [1.807, 2.05) is 32.0 Å². The van der Waals surface area contributed by atoms with Gasteiger partial charge in [-0.05, 0) is 43.5 Å². The standard InChI is InChI=1S/C18H22N2O/c1-12(2)21-18-10-15(7-8-17(18)19)20-11-14-9-13-5-3-4-6-16(13)14/h3-8,10,12,14,20H,9,11,19H2,1-2H3. The summed E-state index contributed by atoms with van der Waals surface area (Å²) in [5, 5.41) is 3.49. The Morgan fingerprint density at radius 3 is 2.81 bits per heavy atom. The van der Waals surface area contributed by atoms with Crippen LogP contribution in [0.5, 0.6) is 5.75 Å². The Kier molecular flexibility index (Phi) is 3.74. The molecule has 0 aromatic heterocycles. The van der Waals surface area contributed by atoms with Gasteiger partial charge in [-0.25, -0.2) is 0 Å². The zero-order valence-corrected chi connectivity index (χ0v) is 12.6. The molecule has 0 bridgehead atoms. The first-order valence-corrected chi connectivity index (χ1v) is 7.51. The van der Waals surface area contributed by atoms with Gasteiger partial charge in [0.2, 0.25) is 0 Å². The summed E-state index contributed by atoms with van der Waals surface area (Å²) in [6.07, 6.45) is 1.29. The summed E-state index contributed by atoms with van der Waals surface area (Å²) < 4.78 is 5.72. The highest BCUT2D eigenvalue weighted by molar-refractivity contribution is 5.61. The zero-order valence-electron chi connectivity index (χ0n) is 12.6. The van der Waals surface area contributed by atoms with Gasteiger partial charge in [0.25, 0.3) is 0 Å². The lowest BCUT2D eigenvalue weighted by Crippen LogP contribution is -2.24. The van der Waals surface area contributed by atoms with Gasteiger partial charge in [0.05, 0.1) is 11.8 Å². The number of hydrogen-bond donors (Lipinski definition) is 2. The molecule has 0 amide bonds. The summed E-state index contributed by atoms with van der Waals surface area (Å²) in [5.41, 5.74) is 10.6. The molecule has 0 saturated carbocycles. The van der Waals surface area contributed by atoms with Gasteiger partial charge in [-0.3, -0.25) is 0 Å². The summed E-state index contributed by atoms with van der Waals surface area (Å²) in [7, 11) is 0. The average Bonchev–Trinajstić information content (AvgIpc) is 2.43.